The number of rotatable bonds is 3. The molecule has 0 spiro atoms. The highest BCUT2D eigenvalue weighted by Gasteiger charge is 2.30. The van der Waals surface area contributed by atoms with Crippen LogP contribution in [0.3, 0.4) is 0 Å². The van der Waals surface area contributed by atoms with Gasteiger partial charge >= 0.3 is 0 Å². The van der Waals surface area contributed by atoms with E-state index in [-0.39, 0.29) is 0 Å². The van der Waals surface area contributed by atoms with Crippen LogP contribution >= 0.6 is 15.9 Å². The summed E-state index contributed by atoms with van der Waals surface area (Å²) in [4.78, 5) is 9.67. The molecule has 0 radical (unpaired) electrons. The molecule has 0 amide bonds. The van der Waals surface area contributed by atoms with Gasteiger partial charge in [0.1, 0.15) is 11.6 Å². The van der Waals surface area contributed by atoms with Gasteiger partial charge in [0.15, 0.2) is 0 Å². The van der Waals surface area contributed by atoms with E-state index in [0.29, 0.717) is 11.8 Å². The summed E-state index contributed by atoms with van der Waals surface area (Å²) in [6.07, 6.45) is 10.5. The summed E-state index contributed by atoms with van der Waals surface area (Å²) in [5, 5.41) is 3.22. The fourth-order valence-electron chi connectivity index (χ4n) is 3.00. The maximum atomic E-state index is 4.91. The third-order valence-electron chi connectivity index (χ3n) is 4.32. The minimum absolute atomic E-state index is 0.570. The molecule has 2 fully saturated rings. The Morgan fingerprint density at radius 2 is 1.63 bits per heavy atom. The Labute approximate surface area is 123 Å². The summed E-state index contributed by atoms with van der Waals surface area (Å²) in [6.45, 7) is 0. The van der Waals surface area contributed by atoms with Crippen LogP contribution in [0.25, 0.3) is 0 Å². The SMILES string of the molecule is CNc1nc(C2CCCCCC2)nc(C2CC2)c1Br. The van der Waals surface area contributed by atoms with E-state index in [1.165, 1.54) is 57.1 Å². The minimum Gasteiger partial charge on any atom is -0.372 e. The highest BCUT2D eigenvalue weighted by Crippen LogP contribution is 2.44. The molecule has 2 aliphatic carbocycles. The van der Waals surface area contributed by atoms with Crippen LogP contribution in [0, 0.1) is 0 Å². The molecule has 3 nitrogen and oxygen atoms in total. The average Bonchev–Trinajstić information content (AvgIpc) is 3.26. The molecule has 19 heavy (non-hydrogen) atoms. The van der Waals surface area contributed by atoms with Crippen LogP contribution in [0.15, 0.2) is 4.47 Å². The van der Waals surface area contributed by atoms with Crippen molar-refractivity contribution in [2.75, 3.05) is 12.4 Å². The minimum atomic E-state index is 0.570. The number of anilines is 1. The van der Waals surface area contributed by atoms with E-state index in [1.54, 1.807) is 0 Å². The van der Waals surface area contributed by atoms with Crippen LogP contribution in [-0.2, 0) is 0 Å². The van der Waals surface area contributed by atoms with Gasteiger partial charge in [0.2, 0.25) is 0 Å². The molecule has 0 saturated heterocycles. The maximum Gasteiger partial charge on any atom is 0.144 e. The first-order chi connectivity index (χ1) is 9.29. The van der Waals surface area contributed by atoms with Gasteiger partial charge in [-0.3, -0.25) is 0 Å². The predicted molar refractivity (Wildman–Crippen MR) is 81.7 cm³/mol. The molecule has 0 aliphatic heterocycles. The third kappa shape index (κ3) is 2.93. The monoisotopic (exact) mass is 323 g/mol. The van der Waals surface area contributed by atoms with E-state index < -0.39 is 0 Å². The zero-order valence-electron chi connectivity index (χ0n) is 11.6. The predicted octanol–water partition coefficient (Wildman–Crippen LogP) is 4.60. The third-order valence-corrected chi connectivity index (χ3v) is 5.10. The van der Waals surface area contributed by atoms with Crippen molar-refractivity contribution in [3.63, 3.8) is 0 Å². The normalized spacial score (nSPS) is 21.2. The summed E-state index contributed by atoms with van der Waals surface area (Å²) >= 11 is 3.67. The van der Waals surface area contributed by atoms with Crippen LogP contribution in [0.1, 0.15) is 74.7 Å². The lowest BCUT2D eigenvalue weighted by atomic mass is 9.99. The summed E-state index contributed by atoms with van der Waals surface area (Å²) in [5.41, 5.74) is 1.23. The fraction of sp³-hybridized carbons (Fsp3) is 0.733. The van der Waals surface area contributed by atoms with Crippen LogP contribution in [0.4, 0.5) is 5.82 Å². The van der Waals surface area contributed by atoms with E-state index >= 15 is 0 Å². The summed E-state index contributed by atoms with van der Waals surface area (Å²) < 4.78 is 1.08. The molecule has 1 aromatic heterocycles. The molecule has 2 aliphatic rings. The molecular weight excluding hydrogens is 302 g/mol. The molecule has 0 bridgehead atoms. The van der Waals surface area contributed by atoms with Gasteiger partial charge in [-0.15, -0.1) is 0 Å². The average molecular weight is 324 g/mol. The molecule has 0 atom stereocenters. The van der Waals surface area contributed by atoms with Gasteiger partial charge in [0, 0.05) is 18.9 Å². The fourth-order valence-corrected chi connectivity index (χ4v) is 3.69. The number of nitrogens with zero attached hydrogens (tertiary/aromatic N) is 2. The molecule has 2 saturated carbocycles. The van der Waals surface area contributed by atoms with E-state index in [9.17, 15) is 0 Å². The van der Waals surface area contributed by atoms with Crippen LogP contribution < -0.4 is 5.32 Å². The Balaban J connectivity index is 1.93. The first kappa shape index (κ1) is 13.3. The van der Waals surface area contributed by atoms with Crippen molar-refractivity contribution in [2.45, 2.75) is 63.2 Å². The lowest BCUT2D eigenvalue weighted by molar-refractivity contribution is 0.557. The van der Waals surface area contributed by atoms with Crippen LogP contribution in [-0.4, -0.2) is 17.0 Å². The summed E-state index contributed by atoms with van der Waals surface area (Å²) in [7, 11) is 1.95. The number of halogens is 1. The quantitative estimate of drug-likeness (QED) is 0.826. The Bertz CT molecular complexity index is 449. The van der Waals surface area contributed by atoms with Crippen LogP contribution in [0.2, 0.25) is 0 Å². The first-order valence-electron chi connectivity index (χ1n) is 7.54. The van der Waals surface area contributed by atoms with Crippen molar-refractivity contribution in [1.29, 1.82) is 0 Å². The number of aromatic nitrogens is 2. The topological polar surface area (TPSA) is 37.8 Å². The van der Waals surface area contributed by atoms with Gasteiger partial charge in [-0.05, 0) is 41.6 Å². The van der Waals surface area contributed by atoms with Crippen molar-refractivity contribution < 1.29 is 0 Å². The Hall–Kier alpha value is -0.640. The number of hydrogen-bond acceptors (Lipinski definition) is 3. The molecule has 0 aromatic carbocycles. The van der Waals surface area contributed by atoms with Crippen molar-refractivity contribution >= 4 is 21.7 Å². The van der Waals surface area contributed by atoms with Gasteiger partial charge in [0.05, 0.1) is 10.2 Å². The summed E-state index contributed by atoms with van der Waals surface area (Å²) in [5.74, 6) is 3.28. The summed E-state index contributed by atoms with van der Waals surface area (Å²) in [6, 6.07) is 0. The van der Waals surface area contributed by atoms with Crippen molar-refractivity contribution in [1.82, 2.24) is 9.97 Å². The van der Waals surface area contributed by atoms with Crippen LogP contribution in [0.5, 0.6) is 0 Å². The van der Waals surface area contributed by atoms with Gasteiger partial charge in [-0.1, -0.05) is 25.7 Å². The van der Waals surface area contributed by atoms with Gasteiger partial charge in [-0.25, -0.2) is 9.97 Å². The van der Waals surface area contributed by atoms with E-state index in [2.05, 4.69) is 21.2 Å². The van der Waals surface area contributed by atoms with Crippen molar-refractivity contribution in [3.05, 3.63) is 16.0 Å². The molecule has 1 aromatic rings. The van der Waals surface area contributed by atoms with Crippen molar-refractivity contribution in [3.8, 4) is 0 Å². The second-order valence-corrected chi connectivity index (χ2v) is 6.64. The van der Waals surface area contributed by atoms with E-state index in [0.717, 1.165) is 16.1 Å². The number of hydrogen-bond donors (Lipinski definition) is 1. The Morgan fingerprint density at radius 3 is 2.21 bits per heavy atom. The molecule has 4 heteroatoms. The molecule has 0 unspecified atom stereocenters. The first-order valence-corrected chi connectivity index (χ1v) is 8.34. The zero-order chi connectivity index (χ0) is 13.2. The second kappa shape index (κ2) is 5.78. The molecular formula is C15H22BrN3. The standard InChI is InChI=1S/C15H22BrN3/c1-17-15-12(16)13(10-8-9-10)18-14(19-15)11-6-4-2-3-5-7-11/h10-11H,2-9H2,1H3,(H,17,18,19). The van der Waals surface area contributed by atoms with E-state index in [4.69, 9.17) is 9.97 Å². The molecule has 1 N–H and O–H groups in total. The van der Waals surface area contributed by atoms with Gasteiger partial charge in [-0.2, -0.15) is 0 Å². The lowest BCUT2D eigenvalue weighted by Crippen LogP contribution is -2.09. The lowest BCUT2D eigenvalue weighted by Gasteiger charge is -2.16. The molecule has 1 heterocycles. The van der Waals surface area contributed by atoms with E-state index in [1.807, 2.05) is 7.05 Å². The molecule has 104 valence electrons. The second-order valence-electron chi connectivity index (χ2n) is 5.84. The highest BCUT2D eigenvalue weighted by molar-refractivity contribution is 9.10. The Morgan fingerprint density at radius 1 is 0.947 bits per heavy atom. The van der Waals surface area contributed by atoms with Crippen molar-refractivity contribution in [2.24, 2.45) is 0 Å². The maximum absolute atomic E-state index is 4.91. The zero-order valence-corrected chi connectivity index (χ0v) is 13.2. The highest BCUT2D eigenvalue weighted by atomic mass is 79.9. The van der Waals surface area contributed by atoms with Gasteiger partial charge < -0.3 is 5.32 Å². The van der Waals surface area contributed by atoms with Gasteiger partial charge in [0.25, 0.3) is 0 Å². The number of nitrogens with one attached hydrogen (secondary N) is 1. The smallest absolute Gasteiger partial charge is 0.144 e. The molecule has 3 rings (SSSR count). The largest absolute Gasteiger partial charge is 0.372 e. The Kier molecular flexibility index (Phi) is 4.06.